The Morgan fingerprint density at radius 2 is 1.73 bits per heavy atom. The van der Waals surface area contributed by atoms with Gasteiger partial charge in [-0.25, -0.2) is 9.78 Å². The minimum Gasteiger partial charge on any atom is -0.489 e. The smallest absolute Gasteiger partial charge is 0.341 e. The van der Waals surface area contributed by atoms with Crippen LogP contribution in [0.25, 0.3) is 10.1 Å². The molecule has 33 heavy (non-hydrogen) atoms. The van der Waals surface area contributed by atoms with E-state index in [2.05, 4.69) is 24.0 Å². The molecule has 170 valence electrons. The van der Waals surface area contributed by atoms with E-state index in [0.29, 0.717) is 29.7 Å². The van der Waals surface area contributed by atoms with Crippen LogP contribution in [0.15, 0.2) is 54.0 Å². The summed E-state index contributed by atoms with van der Waals surface area (Å²) in [7, 11) is 0. The maximum Gasteiger partial charge on any atom is 0.341 e. The molecule has 0 fully saturated rings. The molecule has 0 amide bonds. The van der Waals surface area contributed by atoms with Crippen molar-refractivity contribution in [1.29, 1.82) is 0 Å². The molecule has 0 unspecified atom stereocenters. The first-order valence-corrected chi connectivity index (χ1v) is 11.9. The third kappa shape index (κ3) is 5.29. The van der Waals surface area contributed by atoms with Crippen LogP contribution in [0.1, 0.15) is 39.5 Å². The van der Waals surface area contributed by atoms with Crippen LogP contribution in [0.5, 0.6) is 11.5 Å². The van der Waals surface area contributed by atoms with Crippen molar-refractivity contribution in [3.05, 3.63) is 87.0 Å². The van der Waals surface area contributed by atoms with Crippen molar-refractivity contribution in [3.63, 3.8) is 0 Å². The zero-order chi connectivity index (χ0) is 23.4. The molecule has 2 aromatic carbocycles. The molecule has 0 N–H and O–H groups in total. The molecule has 0 aliphatic heterocycles. The van der Waals surface area contributed by atoms with Gasteiger partial charge in [-0.3, -0.25) is 0 Å². The van der Waals surface area contributed by atoms with Gasteiger partial charge >= 0.3 is 5.97 Å². The molecule has 0 saturated carbocycles. The number of carbonyl (C=O) groups is 1. The largest absolute Gasteiger partial charge is 0.489 e. The van der Waals surface area contributed by atoms with Gasteiger partial charge in [-0.2, -0.15) is 0 Å². The fourth-order valence-corrected chi connectivity index (χ4v) is 4.87. The number of ether oxygens (including phenoxy) is 3. The zero-order valence-electron chi connectivity index (χ0n) is 18.7. The average Bonchev–Trinajstić information content (AvgIpc) is 3.22. The highest BCUT2D eigenvalue weighted by Crippen LogP contribution is 2.35. The molecule has 7 heteroatoms. The van der Waals surface area contributed by atoms with E-state index >= 15 is 0 Å². The number of rotatable bonds is 8. The Hall–Kier alpha value is -3.09. The molecular formula is C26H24ClNO4S. The Labute approximate surface area is 201 Å². The lowest BCUT2D eigenvalue weighted by atomic mass is 10.1. The van der Waals surface area contributed by atoms with Gasteiger partial charge < -0.3 is 14.2 Å². The Morgan fingerprint density at radius 1 is 1.03 bits per heavy atom. The number of halogens is 1. The highest BCUT2D eigenvalue weighted by Gasteiger charge is 2.19. The molecule has 2 heterocycles. The number of nitrogens with zero attached hydrogens (tertiary/aromatic N) is 1. The molecule has 4 aromatic rings. The molecular weight excluding hydrogens is 458 g/mol. The normalized spacial score (nSPS) is 10.9. The highest BCUT2D eigenvalue weighted by atomic mass is 35.5. The van der Waals surface area contributed by atoms with Gasteiger partial charge in [0.05, 0.1) is 16.9 Å². The molecule has 0 saturated heterocycles. The van der Waals surface area contributed by atoms with Crippen LogP contribution >= 0.6 is 22.9 Å². The van der Waals surface area contributed by atoms with E-state index in [1.807, 2.05) is 42.6 Å². The highest BCUT2D eigenvalue weighted by molar-refractivity contribution is 7.17. The number of fused-ring (bicyclic) bond motifs is 1. The number of aryl methyl sites for hydroxylation is 2. The summed E-state index contributed by atoms with van der Waals surface area (Å²) in [6, 6.07) is 14.0. The Balaban J connectivity index is 1.52. The second-order valence-corrected chi connectivity index (χ2v) is 8.87. The van der Waals surface area contributed by atoms with Crippen LogP contribution in [0.4, 0.5) is 0 Å². The number of aromatic nitrogens is 1. The Bertz CT molecular complexity index is 1300. The van der Waals surface area contributed by atoms with Gasteiger partial charge in [-0.15, -0.1) is 11.3 Å². The van der Waals surface area contributed by atoms with Gasteiger partial charge in [0.15, 0.2) is 0 Å². The number of carbonyl (C=O) groups excluding carboxylic acids is 1. The first kappa shape index (κ1) is 23.1. The minimum absolute atomic E-state index is 0.286. The summed E-state index contributed by atoms with van der Waals surface area (Å²) >= 11 is 7.80. The van der Waals surface area contributed by atoms with Crippen molar-refractivity contribution in [2.45, 2.75) is 34.0 Å². The topological polar surface area (TPSA) is 57.7 Å². The monoisotopic (exact) mass is 481 g/mol. The Morgan fingerprint density at radius 3 is 2.42 bits per heavy atom. The predicted molar refractivity (Wildman–Crippen MR) is 132 cm³/mol. The van der Waals surface area contributed by atoms with Crippen LogP contribution in [0.2, 0.25) is 5.15 Å². The first-order chi connectivity index (χ1) is 16.0. The van der Waals surface area contributed by atoms with E-state index in [-0.39, 0.29) is 6.61 Å². The second-order valence-electron chi connectivity index (χ2n) is 7.63. The summed E-state index contributed by atoms with van der Waals surface area (Å²) in [4.78, 5) is 16.5. The number of thiophene rings is 1. The quantitative estimate of drug-likeness (QED) is 0.202. The Kier molecular flexibility index (Phi) is 7.16. The summed E-state index contributed by atoms with van der Waals surface area (Å²) in [5.74, 6) is 1.03. The molecule has 0 aliphatic carbocycles. The number of benzene rings is 2. The second kappa shape index (κ2) is 10.2. The first-order valence-electron chi connectivity index (χ1n) is 10.6. The van der Waals surface area contributed by atoms with Crippen LogP contribution in [0.3, 0.4) is 0 Å². The van der Waals surface area contributed by atoms with Crippen molar-refractivity contribution in [3.8, 4) is 11.5 Å². The lowest BCUT2D eigenvalue weighted by Gasteiger charge is -2.12. The van der Waals surface area contributed by atoms with E-state index in [1.54, 1.807) is 6.92 Å². The predicted octanol–water partition coefficient (Wildman–Crippen LogP) is 6.90. The van der Waals surface area contributed by atoms with Crippen molar-refractivity contribution in [2.24, 2.45) is 0 Å². The van der Waals surface area contributed by atoms with Gasteiger partial charge in [0.2, 0.25) is 0 Å². The number of hydrogen-bond donors (Lipinski definition) is 0. The summed E-state index contributed by atoms with van der Waals surface area (Å²) in [5, 5.41) is 2.99. The summed E-state index contributed by atoms with van der Waals surface area (Å²) in [6.07, 6.45) is 1.46. The molecule has 0 aliphatic rings. The van der Waals surface area contributed by atoms with Gasteiger partial charge in [-0.1, -0.05) is 35.9 Å². The van der Waals surface area contributed by atoms with E-state index in [4.69, 9.17) is 25.8 Å². The summed E-state index contributed by atoms with van der Waals surface area (Å²) in [5.41, 5.74) is 4.65. The van der Waals surface area contributed by atoms with Gasteiger partial charge in [0, 0.05) is 23.2 Å². The maximum atomic E-state index is 12.3. The summed E-state index contributed by atoms with van der Waals surface area (Å²) in [6.45, 7) is 6.91. The van der Waals surface area contributed by atoms with Crippen molar-refractivity contribution >= 4 is 39.0 Å². The molecule has 0 spiro atoms. The third-order valence-electron chi connectivity index (χ3n) is 5.19. The van der Waals surface area contributed by atoms with Crippen LogP contribution in [-0.2, 0) is 18.0 Å². The lowest BCUT2D eigenvalue weighted by molar-refractivity contribution is 0.0528. The number of hydrogen-bond acceptors (Lipinski definition) is 6. The standard InChI is InChI=1S/C26H24ClNO4S/c1-4-30-26(29)22-12-28-25(27)23-19(15-33-24(22)23)14-32-21-10-16(2)9-20(11-21)31-13-18-8-6-5-7-17(18)3/h5-12,15H,4,13-14H2,1-3H3. The molecule has 4 rings (SSSR count). The van der Waals surface area contributed by atoms with Crippen molar-refractivity contribution < 1.29 is 19.0 Å². The summed E-state index contributed by atoms with van der Waals surface area (Å²) < 4.78 is 18.0. The van der Waals surface area contributed by atoms with Crippen LogP contribution in [-0.4, -0.2) is 17.6 Å². The van der Waals surface area contributed by atoms with Crippen molar-refractivity contribution in [1.82, 2.24) is 4.98 Å². The fourth-order valence-electron chi connectivity index (χ4n) is 3.50. The van der Waals surface area contributed by atoms with Gasteiger partial charge in [-0.05, 0) is 55.0 Å². The average molecular weight is 482 g/mol. The molecule has 0 bridgehead atoms. The van der Waals surface area contributed by atoms with E-state index in [0.717, 1.165) is 32.5 Å². The maximum absolute atomic E-state index is 12.3. The molecule has 0 radical (unpaired) electrons. The van der Waals surface area contributed by atoms with Gasteiger partial charge in [0.25, 0.3) is 0 Å². The van der Waals surface area contributed by atoms with Crippen molar-refractivity contribution in [2.75, 3.05) is 6.61 Å². The number of pyridine rings is 1. The van der Waals surface area contributed by atoms with E-state index in [1.165, 1.54) is 23.1 Å². The van der Waals surface area contributed by atoms with Crippen LogP contribution < -0.4 is 9.47 Å². The molecule has 2 aromatic heterocycles. The minimum atomic E-state index is -0.407. The van der Waals surface area contributed by atoms with Gasteiger partial charge in [0.1, 0.15) is 29.9 Å². The fraction of sp³-hybridized carbons (Fsp3) is 0.231. The third-order valence-corrected chi connectivity index (χ3v) is 6.54. The zero-order valence-corrected chi connectivity index (χ0v) is 20.3. The SMILES string of the molecule is CCOC(=O)c1cnc(Cl)c2c(COc3cc(C)cc(OCc4ccccc4C)c3)csc12. The van der Waals surface area contributed by atoms with Crippen LogP contribution in [0, 0.1) is 13.8 Å². The molecule has 0 atom stereocenters. The number of esters is 1. The lowest BCUT2D eigenvalue weighted by Crippen LogP contribution is -2.05. The van der Waals surface area contributed by atoms with E-state index < -0.39 is 5.97 Å². The molecule has 5 nitrogen and oxygen atoms in total. The van der Waals surface area contributed by atoms with E-state index in [9.17, 15) is 4.79 Å².